The summed E-state index contributed by atoms with van der Waals surface area (Å²) in [5.41, 5.74) is 0.704. The van der Waals surface area contributed by atoms with Crippen molar-refractivity contribution in [2.45, 2.75) is 32.2 Å². The highest BCUT2D eigenvalue weighted by atomic mass is 127. The zero-order valence-corrected chi connectivity index (χ0v) is 12.7. The third-order valence-electron chi connectivity index (χ3n) is 2.88. The Morgan fingerprint density at radius 1 is 1.53 bits per heavy atom. The molecule has 2 rings (SSSR count). The van der Waals surface area contributed by atoms with Gasteiger partial charge in [0, 0.05) is 21.7 Å². The van der Waals surface area contributed by atoms with Gasteiger partial charge in [-0.1, -0.05) is 18.5 Å². The van der Waals surface area contributed by atoms with Crippen LogP contribution in [0, 0.1) is 3.57 Å². The van der Waals surface area contributed by atoms with E-state index in [9.17, 15) is 4.79 Å². The van der Waals surface area contributed by atoms with Crippen LogP contribution < -0.4 is 0 Å². The van der Waals surface area contributed by atoms with Crippen LogP contribution in [-0.2, 0) is 0 Å². The number of rotatable bonds is 4. The molecule has 0 bridgehead atoms. The normalized spacial score (nSPS) is 14.8. The van der Waals surface area contributed by atoms with Crippen molar-refractivity contribution in [2.24, 2.45) is 0 Å². The summed E-state index contributed by atoms with van der Waals surface area (Å²) in [6.45, 7) is 2.94. The summed E-state index contributed by atoms with van der Waals surface area (Å²) in [5.74, 6) is 0.118. The number of halogens is 2. The van der Waals surface area contributed by atoms with Gasteiger partial charge in [-0.15, -0.1) is 0 Å². The lowest BCUT2D eigenvalue weighted by atomic mass is 10.2. The monoisotopic (exact) mass is 363 g/mol. The number of nitrogens with zero attached hydrogens (tertiary/aromatic N) is 1. The van der Waals surface area contributed by atoms with Crippen LogP contribution in [0.5, 0.6) is 0 Å². The van der Waals surface area contributed by atoms with Gasteiger partial charge in [0.25, 0.3) is 5.91 Å². The lowest BCUT2D eigenvalue weighted by Gasteiger charge is -2.21. The Hall–Kier alpha value is -0.290. The van der Waals surface area contributed by atoms with Crippen molar-refractivity contribution in [3.05, 3.63) is 32.4 Å². The van der Waals surface area contributed by atoms with Crippen LogP contribution in [0.15, 0.2) is 18.2 Å². The third-order valence-corrected chi connectivity index (χ3v) is 4.45. The highest BCUT2D eigenvalue weighted by Gasteiger charge is 2.32. The van der Waals surface area contributed by atoms with Crippen molar-refractivity contribution in [3.8, 4) is 0 Å². The SMILES string of the molecule is CCCN(C(=O)c1ccc(I)c(Cl)c1)C1CC1. The topological polar surface area (TPSA) is 20.3 Å². The molecule has 1 saturated carbocycles. The fourth-order valence-corrected chi connectivity index (χ4v) is 2.39. The first-order valence-corrected chi connectivity index (χ1v) is 7.35. The van der Waals surface area contributed by atoms with Gasteiger partial charge in [-0.3, -0.25) is 4.79 Å². The predicted octanol–water partition coefficient (Wildman–Crippen LogP) is 3.96. The molecule has 2 nitrogen and oxygen atoms in total. The average Bonchev–Trinajstić information content (AvgIpc) is 3.13. The Labute approximate surface area is 120 Å². The van der Waals surface area contributed by atoms with Crippen LogP contribution in [0.3, 0.4) is 0 Å². The van der Waals surface area contributed by atoms with E-state index in [-0.39, 0.29) is 5.91 Å². The number of carbonyl (C=O) groups is 1. The Morgan fingerprint density at radius 3 is 2.76 bits per heavy atom. The number of amides is 1. The van der Waals surface area contributed by atoms with Gasteiger partial charge < -0.3 is 4.90 Å². The van der Waals surface area contributed by atoms with Gasteiger partial charge in [-0.2, -0.15) is 0 Å². The standard InChI is InChI=1S/C13H15ClINO/c1-2-7-16(10-4-5-10)13(17)9-3-6-12(15)11(14)8-9/h3,6,8,10H,2,4-5,7H2,1H3. The van der Waals surface area contributed by atoms with E-state index in [1.54, 1.807) is 6.07 Å². The second-order valence-electron chi connectivity index (χ2n) is 4.36. The van der Waals surface area contributed by atoms with Crippen molar-refractivity contribution < 1.29 is 4.79 Å². The summed E-state index contributed by atoms with van der Waals surface area (Å²) in [6, 6.07) is 5.99. The summed E-state index contributed by atoms with van der Waals surface area (Å²) in [5, 5.41) is 0.656. The number of benzene rings is 1. The first-order chi connectivity index (χ1) is 8.13. The van der Waals surface area contributed by atoms with Crippen LogP contribution >= 0.6 is 34.2 Å². The summed E-state index contributed by atoms with van der Waals surface area (Å²) in [4.78, 5) is 14.3. The van der Waals surface area contributed by atoms with Crippen molar-refractivity contribution >= 4 is 40.1 Å². The van der Waals surface area contributed by atoms with Crippen LogP contribution in [0.4, 0.5) is 0 Å². The quantitative estimate of drug-likeness (QED) is 0.742. The van der Waals surface area contributed by atoms with Crippen molar-refractivity contribution in [3.63, 3.8) is 0 Å². The van der Waals surface area contributed by atoms with E-state index < -0.39 is 0 Å². The van der Waals surface area contributed by atoms with E-state index >= 15 is 0 Å². The molecule has 0 spiro atoms. The van der Waals surface area contributed by atoms with Crippen molar-refractivity contribution in [1.29, 1.82) is 0 Å². The second kappa shape index (κ2) is 5.57. The lowest BCUT2D eigenvalue weighted by molar-refractivity contribution is 0.0743. The fraction of sp³-hybridized carbons (Fsp3) is 0.462. The molecule has 0 N–H and O–H groups in total. The molecular weight excluding hydrogens is 349 g/mol. The lowest BCUT2D eigenvalue weighted by Crippen LogP contribution is -2.33. The van der Waals surface area contributed by atoms with E-state index in [4.69, 9.17) is 11.6 Å². The molecule has 1 fully saturated rings. The van der Waals surface area contributed by atoms with Gasteiger partial charge in [-0.05, 0) is 60.1 Å². The number of hydrogen-bond donors (Lipinski definition) is 0. The van der Waals surface area contributed by atoms with Crippen LogP contribution in [0.1, 0.15) is 36.5 Å². The number of hydrogen-bond acceptors (Lipinski definition) is 1. The molecule has 0 aromatic heterocycles. The molecule has 17 heavy (non-hydrogen) atoms. The van der Waals surface area contributed by atoms with E-state index in [0.717, 1.165) is 29.4 Å². The zero-order chi connectivity index (χ0) is 12.4. The average molecular weight is 364 g/mol. The molecular formula is C13H15ClINO. The van der Waals surface area contributed by atoms with E-state index in [0.29, 0.717) is 16.6 Å². The van der Waals surface area contributed by atoms with E-state index in [2.05, 4.69) is 29.5 Å². The molecule has 0 heterocycles. The molecule has 4 heteroatoms. The Balaban J connectivity index is 2.19. The molecule has 1 aliphatic carbocycles. The minimum atomic E-state index is 0.118. The summed E-state index contributed by atoms with van der Waals surface area (Å²) >= 11 is 8.22. The van der Waals surface area contributed by atoms with Crippen LogP contribution in [0.2, 0.25) is 5.02 Å². The molecule has 0 saturated heterocycles. The van der Waals surface area contributed by atoms with Crippen molar-refractivity contribution in [2.75, 3.05) is 6.54 Å². The van der Waals surface area contributed by atoms with Gasteiger partial charge in [0.15, 0.2) is 0 Å². The van der Waals surface area contributed by atoms with E-state index in [1.807, 2.05) is 17.0 Å². The molecule has 1 amide bonds. The van der Waals surface area contributed by atoms with Crippen LogP contribution in [0.25, 0.3) is 0 Å². The fourth-order valence-electron chi connectivity index (χ4n) is 1.87. The minimum Gasteiger partial charge on any atom is -0.336 e. The maximum Gasteiger partial charge on any atom is 0.254 e. The maximum atomic E-state index is 12.3. The summed E-state index contributed by atoms with van der Waals surface area (Å²) < 4.78 is 0.981. The first-order valence-electron chi connectivity index (χ1n) is 5.89. The largest absolute Gasteiger partial charge is 0.336 e. The Morgan fingerprint density at radius 2 is 2.24 bits per heavy atom. The van der Waals surface area contributed by atoms with Crippen LogP contribution in [-0.4, -0.2) is 23.4 Å². The third kappa shape index (κ3) is 3.13. The maximum absolute atomic E-state index is 12.3. The van der Waals surface area contributed by atoms with Gasteiger partial charge in [-0.25, -0.2) is 0 Å². The summed E-state index contributed by atoms with van der Waals surface area (Å²) in [6.07, 6.45) is 3.29. The number of carbonyl (C=O) groups excluding carboxylic acids is 1. The van der Waals surface area contributed by atoms with Crippen molar-refractivity contribution in [1.82, 2.24) is 4.90 Å². The minimum absolute atomic E-state index is 0.118. The Bertz CT molecular complexity index is 431. The molecule has 1 aromatic rings. The van der Waals surface area contributed by atoms with Gasteiger partial charge in [0.05, 0.1) is 5.02 Å². The molecule has 1 aromatic carbocycles. The predicted molar refractivity (Wildman–Crippen MR) is 78.5 cm³/mol. The molecule has 0 unspecified atom stereocenters. The first kappa shape index (κ1) is 13.1. The van der Waals surface area contributed by atoms with E-state index in [1.165, 1.54) is 0 Å². The van der Waals surface area contributed by atoms with Gasteiger partial charge in [0.1, 0.15) is 0 Å². The van der Waals surface area contributed by atoms with Gasteiger partial charge in [0.2, 0.25) is 0 Å². The molecule has 0 aliphatic heterocycles. The molecule has 1 aliphatic rings. The van der Waals surface area contributed by atoms with Gasteiger partial charge >= 0.3 is 0 Å². The molecule has 0 radical (unpaired) electrons. The smallest absolute Gasteiger partial charge is 0.254 e. The highest BCUT2D eigenvalue weighted by Crippen LogP contribution is 2.29. The zero-order valence-electron chi connectivity index (χ0n) is 9.75. The molecule has 0 atom stereocenters. The summed E-state index contributed by atoms with van der Waals surface area (Å²) in [7, 11) is 0. The Kier molecular flexibility index (Phi) is 4.31. The second-order valence-corrected chi connectivity index (χ2v) is 5.93. The molecule has 92 valence electrons. The highest BCUT2D eigenvalue weighted by molar-refractivity contribution is 14.1.